The fourth-order valence-corrected chi connectivity index (χ4v) is 3.14. The molecule has 17 heavy (non-hydrogen) atoms. The lowest BCUT2D eigenvalue weighted by atomic mass is 10.1. The summed E-state index contributed by atoms with van der Waals surface area (Å²) >= 11 is 5.71. The molecule has 1 fully saturated rings. The van der Waals surface area contributed by atoms with E-state index in [-0.39, 0.29) is 4.90 Å². The van der Waals surface area contributed by atoms with Gasteiger partial charge in [-0.1, -0.05) is 24.4 Å². The summed E-state index contributed by atoms with van der Waals surface area (Å²) in [6, 6.07) is 6.03. The van der Waals surface area contributed by atoms with E-state index in [0.717, 1.165) is 12.8 Å². The van der Waals surface area contributed by atoms with E-state index < -0.39 is 10.1 Å². The van der Waals surface area contributed by atoms with Crippen LogP contribution < -0.4 is 0 Å². The minimum absolute atomic E-state index is 0.167. The predicted octanol–water partition coefficient (Wildman–Crippen LogP) is 3.24. The summed E-state index contributed by atoms with van der Waals surface area (Å²) in [5.74, 6) is 0.386. The second-order valence-corrected chi connectivity index (χ2v) is 6.39. The first-order chi connectivity index (χ1) is 8.08. The summed E-state index contributed by atoms with van der Waals surface area (Å²) in [5.41, 5.74) is 0. The van der Waals surface area contributed by atoms with Crippen LogP contribution in [0, 0.1) is 5.92 Å². The van der Waals surface area contributed by atoms with Crippen LogP contribution in [0.15, 0.2) is 29.2 Å². The molecule has 94 valence electrons. The molecule has 0 radical (unpaired) electrons. The van der Waals surface area contributed by atoms with Crippen LogP contribution in [0.25, 0.3) is 0 Å². The van der Waals surface area contributed by atoms with Crippen LogP contribution in [0.1, 0.15) is 25.7 Å². The van der Waals surface area contributed by atoms with Crippen LogP contribution in [0.3, 0.4) is 0 Å². The molecule has 0 saturated heterocycles. The molecule has 0 aromatic heterocycles. The van der Waals surface area contributed by atoms with Crippen molar-refractivity contribution in [2.24, 2.45) is 5.92 Å². The Morgan fingerprint density at radius 3 is 2.35 bits per heavy atom. The van der Waals surface area contributed by atoms with Crippen LogP contribution in [0.4, 0.5) is 0 Å². The van der Waals surface area contributed by atoms with Gasteiger partial charge in [0.1, 0.15) is 0 Å². The maximum atomic E-state index is 11.8. The Kier molecular flexibility index (Phi) is 4.07. The molecule has 1 aromatic carbocycles. The van der Waals surface area contributed by atoms with Gasteiger partial charge in [0.2, 0.25) is 0 Å². The van der Waals surface area contributed by atoms with Gasteiger partial charge in [0.15, 0.2) is 0 Å². The highest BCUT2D eigenvalue weighted by molar-refractivity contribution is 7.86. The van der Waals surface area contributed by atoms with E-state index in [1.165, 1.54) is 25.0 Å². The van der Waals surface area contributed by atoms with Crippen molar-refractivity contribution in [3.63, 3.8) is 0 Å². The summed E-state index contributed by atoms with van der Waals surface area (Å²) < 4.78 is 28.7. The molecule has 1 aromatic rings. The quantitative estimate of drug-likeness (QED) is 0.792. The fourth-order valence-electron chi connectivity index (χ4n) is 2.03. The van der Waals surface area contributed by atoms with Crippen LogP contribution in [0.2, 0.25) is 5.02 Å². The van der Waals surface area contributed by atoms with Crippen molar-refractivity contribution in [1.29, 1.82) is 0 Å². The van der Waals surface area contributed by atoms with E-state index in [2.05, 4.69) is 0 Å². The molecular weight excluding hydrogens is 260 g/mol. The Balaban J connectivity index is 2.00. The number of hydrogen-bond donors (Lipinski definition) is 0. The Morgan fingerprint density at radius 2 is 1.76 bits per heavy atom. The molecule has 0 aliphatic heterocycles. The van der Waals surface area contributed by atoms with Crippen molar-refractivity contribution >= 4 is 21.7 Å². The minimum atomic E-state index is -3.62. The van der Waals surface area contributed by atoms with Gasteiger partial charge in [-0.15, -0.1) is 0 Å². The molecule has 2 rings (SSSR count). The van der Waals surface area contributed by atoms with E-state index in [9.17, 15) is 8.42 Å². The molecule has 0 unspecified atom stereocenters. The molecule has 5 heteroatoms. The summed E-state index contributed by atoms with van der Waals surface area (Å²) in [6.07, 6.45) is 4.48. The van der Waals surface area contributed by atoms with Gasteiger partial charge in [-0.05, 0) is 43.0 Å². The lowest BCUT2D eigenvalue weighted by molar-refractivity contribution is 0.257. The van der Waals surface area contributed by atoms with Crippen LogP contribution in [0.5, 0.6) is 0 Å². The van der Waals surface area contributed by atoms with Crippen LogP contribution >= 0.6 is 11.6 Å². The van der Waals surface area contributed by atoms with Gasteiger partial charge in [-0.2, -0.15) is 8.42 Å². The van der Waals surface area contributed by atoms with Gasteiger partial charge >= 0.3 is 0 Å². The zero-order valence-electron chi connectivity index (χ0n) is 9.43. The Hall–Kier alpha value is -0.580. The lowest BCUT2D eigenvalue weighted by Crippen LogP contribution is -2.12. The average Bonchev–Trinajstić information content (AvgIpc) is 2.80. The van der Waals surface area contributed by atoms with E-state index >= 15 is 0 Å². The molecular formula is C12H15ClO3S. The Morgan fingerprint density at radius 1 is 1.18 bits per heavy atom. The largest absolute Gasteiger partial charge is 0.296 e. The zero-order valence-corrected chi connectivity index (χ0v) is 11.0. The normalized spacial score (nSPS) is 17.5. The van der Waals surface area contributed by atoms with Gasteiger partial charge in [0.05, 0.1) is 11.5 Å². The predicted molar refractivity (Wildman–Crippen MR) is 66.5 cm³/mol. The summed E-state index contributed by atoms with van der Waals surface area (Å²) in [4.78, 5) is 0.167. The summed E-state index contributed by atoms with van der Waals surface area (Å²) in [6.45, 7) is 0.297. The number of halogens is 1. The van der Waals surface area contributed by atoms with Crippen LogP contribution in [-0.2, 0) is 14.3 Å². The number of hydrogen-bond acceptors (Lipinski definition) is 3. The summed E-state index contributed by atoms with van der Waals surface area (Å²) in [7, 11) is -3.62. The van der Waals surface area contributed by atoms with Crippen molar-refractivity contribution in [2.45, 2.75) is 30.6 Å². The third-order valence-corrected chi connectivity index (χ3v) is 4.58. The molecule has 1 saturated carbocycles. The van der Waals surface area contributed by atoms with Gasteiger partial charge in [-0.25, -0.2) is 0 Å². The molecule has 0 bridgehead atoms. The van der Waals surface area contributed by atoms with E-state index in [4.69, 9.17) is 15.8 Å². The molecule has 0 spiro atoms. The van der Waals surface area contributed by atoms with Gasteiger partial charge in [0, 0.05) is 5.02 Å². The molecule has 3 nitrogen and oxygen atoms in total. The highest BCUT2D eigenvalue weighted by Gasteiger charge is 2.20. The second kappa shape index (κ2) is 5.38. The topological polar surface area (TPSA) is 43.4 Å². The zero-order chi connectivity index (χ0) is 12.3. The standard InChI is InChI=1S/C12H15ClO3S/c13-11-5-7-12(8-6-11)17(14,15)16-9-10-3-1-2-4-10/h5-8,10H,1-4,9H2. The van der Waals surface area contributed by atoms with Crippen molar-refractivity contribution in [2.75, 3.05) is 6.61 Å². The third kappa shape index (κ3) is 3.44. The van der Waals surface area contributed by atoms with Crippen molar-refractivity contribution < 1.29 is 12.6 Å². The van der Waals surface area contributed by atoms with E-state index in [1.807, 2.05) is 0 Å². The maximum Gasteiger partial charge on any atom is 0.296 e. The monoisotopic (exact) mass is 274 g/mol. The molecule has 1 aliphatic carbocycles. The van der Waals surface area contributed by atoms with Gasteiger partial charge in [0.25, 0.3) is 10.1 Å². The number of benzene rings is 1. The first kappa shape index (κ1) is 12.9. The Bertz CT molecular complexity index is 461. The maximum absolute atomic E-state index is 11.8. The second-order valence-electron chi connectivity index (χ2n) is 4.34. The SMILES string of the molecule is O=S(=O)(OCC1CCCC1)c1ccc(Cl)cc1. The number of rotatable bonds is 4. The van der Waals surface area contributed by atoms with E-state index in [1.54, 1.807) is 12.1 Å². The van der Waals surface area contributed by atoms with Gasteiger partial charge in [-0.3, -0.25) is 4.18 Å². The fraction of sp³-hybridized carbons (Fsp3) is 0.500. The Labute approximate surface area is 107 Å². The third-order valence-electron chi connectivity index (χ3n) is 3.04. The lowest BCUT2D eigenvalue weighted by Gasteiger charge is -2.10. The minimum Gasteiger partial charge on any atom is -0.266 e. The first-order valence-corrected chi connectivity index (χ1v) is 7.51. The van der Waals surface area contributed by atoms with Crippen molar-refractivity contribution in [1.82, 2.24) is 0 Å². The van der Waals surface area contributed by atoms with Crippen LogP contribution in [-0.4, -0.2) is 15.0 Å². The highest BCUT2D eigenvalue weighted by Crippen LogP contribution is 2.26. The van der Waals surface area contributed by atoms with Crippen molar-refractivity contribution in [3.8, 4) is 0 Å². The van der Waals surface area contributed by atoms with Crippen molar-refractivity contribution in [3.05, 3.63) is 29.3 Å². The smallest absolute Gasteiger partial charge is 0.266 e. The first-order valence-electron chi connectivity index (χ1n) is 5.73. The highest BCUT2D eigenvalue weighted by atomic mass is 35.5. The average molecular weight is 275 g/mol. The molecule has 0 heterocycles. The summed E-state index contributed by atoms with van der Waals surface area (Å²) in [5, 5.41) is 0.514. The molecule has 0 atom stereocenters. The molecule has 1 aliphatic rings. The van der Waals surface area contributed by atoms with Gasteiger partial charge < -0.3 is 0 Å². The van der Waals surface area contributed by atoms with E-state index in [0.29, 0.717) is 17.5 Å². The molecule has 0 amide bonds. The molecule has 0 N–H and O–H groups in total.